The maximum atomic E-state index is 16.7. The van der Waals surface area contributed by atoms with E-state index in [4.69, 9.17) is 4.74 Å². The van der Waals surface area contributed by atoms with E-state index in [0.29, 0.717) is 23.9 Å². The highest BCUT2D eigenvalue weighted by Gasteiger charge is 2.57. The quantitative estimate of drug-likeness (QED) is 0.167. The Morgan fingerprint density at radius 3 is 2.62 bits per heavy atom. The SMILES string of the molecule is C=C(F)C(=O)N1CCN(c2nc(OC[C@@]34CCCN3CC(F)(F)C4)nc3c(F)c(-c4cccc5cccc(F)c45)ccc23)C[C@@H]1CC#N. The normalized spacial score (nSPS) is 22.2. The predicted octanol–water partition coefficient (Wildman–Crippen LogP) is 6.39. The Morgan fingerprint density at radius 2 is 1.85 bits per heavy atom. The molecule has 0 aliphatic carbocycles. The van der Waals surface area contributed by atoms with Gasteiger partial charge < -0.3 is 14.5 Å². The lowest BCUT2D eigenvalue weighted by molar-refractivity contribution is -0.131. The first-order valence-electron chi connectivity index (χ1n) is 15.7. The van der Waals surface area contributed by atoms with Crippen molar-refractivity contribution < 1.29 is 31.5 Å². The average Bonchev–Trinajstić information content (AvgIpc) is 3.55. The summed E-state index contributed by atoms with van der Waals surface area (Å²) in [7, 11) is 0. The van der Waals surface area contributed by atoms with E-state index in [-0.39, 0.29) is 79.3 Å². The number of carbonyl (C=O) groups excluding carboxylic acids is 1. The number of alkyl halides is 2. The Labute approximate surface area is 273 Å². The number of piperazine rings is 1. The van der Waals surface area contributed by atoms with Crippen molar-refractivity contribution in [3.63, 3.8) is 0 Å². The fraction of sp³-hybridized carbons (Fsp3) is 0.371. The standard InChI is InChI=1S/C35H31F5N6O2/c1-21(36)32(47)46-16-15-44(17-23(46)11-13-41)31-26-10-9-25(24-7-2-5-22-6-3-8-27(37)28(22)24)29(38)30(26)42-33(43-31)48-20-34-12-4-14-45(34)19-35(39,40)18-34/h2-3,5-10,23H,1,4,11-12,14-20H2/t23-,34-/m0/s1. The van der Waals surface area contributed by atoms with E-state index in [0.717, 1.165) is 6.42 Å². The van der Waals surface area contributed by atoms with E-state index in [9.17, 15) is 23.2 Å². The number of fused-ring (bicyclic) bond motifs is 3. The number of amides is 1. The molecule has 7 rings (SSSR count). The van der Waals surface area contributed by atoms with Gasteiger partial charge in [-0.15, -0.1) is 0 Å². The third kappa shape index (κ3) is 5.47. The number of halogens is 5. The first-order valence-corrected chi connectivity index (χ1v) is 15.7. The summed E-state index contributed by atoms with van der Waals surface area (Å²) in [5, 5.41) is 10.6. The number of aromatic nitrogens is 2. The van der Waals surface area contributed by atoms with E-state index in [1.165, 1.54) is 17.0 Å². The lowest BCUT2D eigenvalue weighted by Gasteiger charge is -2.41. The van der Waals surface area contributed by atoms with Crippen LogP contribution in [0.1, 0.15) is 25.7 Å². The first-order chi connectivity index (χ1) is 23.0. The largest absolute Gasteiger partial charge is 0.461 e. The molecule has 3 aliphatic heterocycles. The summed E-state index contributed by atoms with van der Waals surface area (Å²) in [4.78, 5) is 26.3. The lowest BCUT2D eigenvalue weighted by Crippen LogP contribution is -2.55. The summed E-state index contributed by atoms with van der Waals surface area (Å²) in [5.41, 5.74) is -0.648. The van der Waals surface area contributed by atoms with Gasteiger partial charge in [-0.25, -0.2) is 22.0 Å². The molecule has 8 nitrogen and oxygen atoms in total. The van der Waals surface area contributed by atoms with Gasteiger partial charge >= 0.3 is 6.01 Å². The molecule has 0 unspecified atom stereocenters. The summed E-state index contributed by atoms with van der Waals surface area (Å²) in [6.07, 6.45) is 0.744. The molecule has 4 aromatic rings. The first kappa shape index (κ1) is 31.8. The van der Waals surface area contributed by atoms with Crippen LogP contribution in [-0.4, -0.2) is 82.5 Å². The van der Waals surface area contributed by atoms with Crippen LogP contribution < -0.4 is 9.64 Å². The van der Waals surface area contributed by atoms with E-state index < -0.39 is 40.9 Å². The zero-order chi connectivity index (χ0) is 33.8. The Balaban J connectivity index is 1.33. The van der Waals surface area contributed by atoms with Crippen molar-refractivity contribution in [2.24, 2.45) is 0 Å². The van der Waals surface area contributed by atoms with Crippen molar-refractivity contribution in [3.8, 4) is 23.2 Å². The number of anilines is 1. The van der Waals surface area contributed by atoms with Gasteiger partial charge in [0.15, 0.2) is 11.6 Å². The topological polar surface area (TPSA) is 85.6 Å². The van der Waals surface area contributed by atoms with E-state index in [2.05, 4.69) is 16.5 Å². The molecule has 2 atom stereocenters. The molecule has 3 aromatic carbocycles. The molecular weight excluding hydrogens is 631 g/mol. The van der Waals surface area contributed by atoms with E-state index >= 15 is 8.78 Å². The van der Waals surface area contributed by atoms with Crippen LogP contribution >= 0.6 is 0 Å². The lowest BCUT2D eigenvalue weighted by atomic mass is 9.94. The van der Waals surface area contributed by atoms with Crippen LogP contribution in [0.4, 0.5) is 27.8 Å². The van der Waals surface area contributed by atoms with Crippen LogP contribution in [0.25, 0.3) is 32.8 Å². The molecule has 3 saturated heterocycles. The van der Waals surface area contributed by atoms with Gasteiger partial charge in [0.25, 0.3) is 11.8 Å². The van der Waals surface area contributed by atoms with Crippen LogP contribution in [0, 0.1) is 23.0 Å². The van der Waals surface area contributed by atoms with Crippen molar-refractivity contribution >= 4 is 33.4 Å². The summed E-state index contributed by atoms with van der Waals surface area (Å²) in [6.45, 7) is 3.33. The van der Waals surface area contributed by atoms with Crippen LogP contribution in [0.3, 0.4) is 0 Å². The predicted molar refractivity (Wildman–Crippen MR) is 169 cm³/mol. The van der Waals surface area contributed by atoms with E-state index in [1.807, 2.05) is 6.07 Å². The van der Waals surface area contributed by atoms with Gasteiger partial charge in [0.1, 0.15) is 23.8 Å². The second-order valence-corrected chi connectivity index (χ2v) is 12.7. The molecule has 0 N–H and O–H groups in total. The molecule has 0 bridgehead atoms. The number of benzene rings is 3. The molecule has 1 amide bonds. The minimum absolute atomic E-state index is 0.0266. The minimum Gasteiger partial charge on any atom is -0.461 e. The number of hydrogen-bond donors (Lipinski definition) is 0. The molecule has 3 fully saturated rings. The summed E-state index contributed by atoms with van der Waals surface area (Å²) in [6, 6.07) is 13.8. The van der Waals surface area contributed by atoms with Crippen LogP contribution in [0.5, 0.6) is 6.01 Å². The second-order valence-electron chi connectivity index (χ2n) is 12.7. The smallest absolute Gasteiger partial charge is 0.319 e. The third-order valence-electron chi connectivity index (χ3n) is 9.73. The number of nitriles is 1. The maximum Gasteiger partial charge on any atom is 0.319 e. The van der Waals surface area contributed by atoms with Gasteiger partial charge in [0.2, 0.25) is 0 Å². The summed E-state index contributed by atoms with van der Waals surface area (Å²) >= 11 is 0. The molecule has 3 aliphatic rings. The second kappa shape index (κ2) is 12.0. The van der Waals surface area contributed by atoms with Crippen molar-refractivity contribution in [1.29, 1.82) is 5.26 Å². The molecule has 248 valence electrons. The Bertz CT molecular complexity index is 1990. The molecule has 1 aromatic heterocycles. The highest BCUT2D eigenvalue weighted by atomic mass is 19.3. The highest BCUT2D eigenvalue weighted by Crippen LogP contribution is 2.46. The third-order valence-corrected chi connectivity index (χ3v) is 9.73. The van der Waals surface area contributed by atoms with Crippen molar-refractivity contribution in [3.05, 3.63) is 72.6 Å². The molecule has 0 radical (unpaired) electrons. The maximum absolute atomic E-state index is 16.7. The minimum atomic E-state index is -2.87. The zero-order valence-electron chi connectivity index (χ0n) is 25.9. The van der Waals surface area contributed by atoms with Crippen LogP contribution in [0.15, 0.2) is 60.9 Å². The molecular formula is C35H31F5N6O2. The van der Waals surface area contributed by atoms with Crippen LogP contribution in [-0.2, 0) is 4.79 Å². The van der Waals surface area contributed by atoms with E-state index in [1.54, 1.807) is 46.2 Å². The number of hydrogen-bond acceptors (Lipinski definition) is 7. The molecule has 13 heteroatoms. The van der Waals surface area contributed by atoms with Crippen molar-refractivity contribution in [2.75, 3.05) is 44.2 Å². The molecule has 0 spiro atoms. The fourth-order valence-electron chi connectivity index (χ4n) is 7.58. The molecule has 48 heavy (non-hydrogen) atoms. The number of rotatable bonds is 7. The Morgan fingerprint density at radius 1 is 1.06 bits per heavy atom. The van der Waals surface area contributed by atoms with Gasteiger partial charge in [-0.1, -0.05) is 43.0 Å². The highest BCUT2D eigenvalue weighted by molar-refractivity contribution is 6.01. The fourth-order valence-corrected chi connectivity index (χ4v) is 7.58. The summed E-state index contributed by atoms with van der Waals surface area (Å²) < 4.78 is 80.7. The zero-order valence-corrected chi connectivity index (χ0v) is 25.9. The number of ether oxygens (including phenoxy) is 1. The monoisotopic (exact) mass is 662 g/mol. The van der Waals surface area contributed by atoms with Crippen molar-refractivity contribution in [2.45, 2.75) is 43.2 Å². The van der Waals surface area contributed by atoms with Gasteiger partial charge in [-0.2, -0.15) is 15.2 Å². The van der Waals surface area contributed by atoms with Crippen LogP contribution in [0.2, 0.25) is 0 Å². The number of nitrogens with zero attached hydrogens (tertiary/aromatic N) is 6. The van der Waals surface area contributed by atoms with Gasteiger partial charge in [-0.3, -0.25) is 9.69 Å². The average molecular weight is 663 g/mol. The summed E-state index contributed by atoms with van der Waals surface area (Å²) in [5.74, 6) is -5.98. The van der Waals surface area contributed by atoms with Gasteiger partial charge in [-0.05, 0) is 42.5 Å². The Hall–Kier alpha value is -4.83. The van der Waals surface area contributed by atoms with Gasteiger partial charge in [0.05, 0.1) is 30.6 Å². The Kier molecular flexibility index (Phi) is 7.94. The van der Waals surface area contributed by atoms with Crippen molar-refractivity contribution in [1.82, 2.24) is 19.8 Å². The number of carbonyl (C=O) groups is 1. The van der Waals surface area contributed by atoms with Gasteiger partial charge in [0, 0.05) is 42.4 Å². The molecule has 4 heterocycles. The molecule has 0 saturated carbocycles.